The highest BCUT2D eigenvalue weighted by Crippen LogP contribution is 2.19. The predicted octanol–water partition coefficient (Wildman–Crippen LogP) is 0.881. The van der Waals surface area contributed by atoms with Crippen molar-refractivity contribution in [3.63, 3.8) is 0 Å². The fourth-order valence-electron chi connectivity index (χ4n) is 2.94. The van der Waals surface area contributed by atoms with Crippen LogP contribution < -0.4 is 11.1 Å². The van der Waals surface area contributed by atoms with Crippen molar-refractivity contribution < 1.29 is 4.79 Å². The van der Waals surface area contributed by atoms with Gasteiger partial charge in [-0.3, -0.25) is 9.79 Å². The van der Waals surface area contributed by atoms with Crippen molar-refractivity contribution in [2.45, 2.75) is 39.0 Å². The number of nitrogens with two attached hydrogens (primary N) is 1. The Morgan fingerprint density at radius 3 is 2.86 bits per heavy atom. The first-order chi connectivity index (χ1) is 10.6. The van der Waals surface area contributed by atoms with Crippen LogP contribution in [0.1, 0.15) is 39.0 Å². The minimum atomic E-state index is -0.202. The van der Waals surface area contributed by atoms with Gasteiger partial charge < -0.3 is 20.9 Å². The number of piperidine rings is 1. The summed E-state index contributed by atoms with van der Waals surface area (Å²) in [5, 5.41) is 3.44. The number of likely N-dealkylation sites (tertiary alicyclic amines) is 1. The molecule has 6 heteroatoms. The lowest BCUT2D eigenvalue weighted by Crippen LogP contribution is -2.48. The summed E-state index contributed by atoms with van der Waals surface area (Å²) < 4.78 is 0. The molecular formula is C16H33N5O. The van der Waals surface area contributed by atoms with Gasteiger partial charge in [-0.1, -0.05) is 13.3 Å². The number of hydrogen-bond acceptors (Lipinski definition) is 3. The van der Waals surface area contributed by atoms with Crippen LogP contribution in [0.25, 0.3) is 0 Å². The van der Waals surface area contributed by atoms with E-state index in [-0.39, 0.29) is 5.91 Å². The largest absolute Gasteiger partial charge is 0.370 e. The lowest BCUT2D eigenvalue weighted by atomic mass is 9.95. The summed E-state index contributed by atoms with van der Waals surface area (Å²) >= 11 is 0. The van der Waals surface area contributed by atoms with Gasteiger partial charge in [-0.15, -0.1) is 0 Å². The van der Waals surface area contributed by atoms with E-state index in [4.69, 9.17) is 5.73 Å². The summed E-state index contributed by atoms with van der Waals surface area (Å²) in [6.45, 7) is 7.13. The average Bonchev–Trinajstić information content (AvgIpc) is 2.49. The van der Waals surface area contributed by atoms with Crippen LogP contribution in [0.2, 0.25) is 0 Å². The third-order valence-electron chi connectivity index (χ3n) is 4.19. The maximum absolute atomic E-state index is 11.1. The molecule has 1 aliphatic rings. The Morgan fingerprint density at radius 1 is 1.45 bits per heavy atom. The molecule has 22 heavy (non-hydrogen) atoms. The Hall–Kier alpha value is -1.30. The molecule has 0 aromatic carbocycles. The van der Waals surface area contributed by atoms with Gasteiger partial charge in [0.05, 0.1) is 0 Å². The molecule has 0 saturated carbocycles. The van der Waals surface area contributed by atoms with Gasteiger partial charge in [-0.2, -0.15) is 0 Å². The number of likely N-dealkylation sites (N-methyl/N-ethyl adjacent to an activating group) is 1. The molecule has 1 heterocycles. The summed E-state index contributed by atoms with van der Waals surface area (Å²) in [6.07, 6.45) is 5.12. The first-order valence-corrected chi connectivity index (χ1v) is 8.49. The molecule has 1 aliphatic heterocycles. The van der Waals surface area contributed by atoms with E-state index in [0.717, 1.165) is 51.5 Å². The number of amides is 1. The number of hydrogen-bond donors (Lipinski definition) is 2. The number of unbranched alkanes of at least 4 members (excludes halogenated alkanes) is 1. The van der Waals surface area contributed by atoms with Gasteiger partial charge in [0.1, 0.15) is 0 Å². The van der Waals surface area contributed by atoms with E-state index >= 15 is 0 Å². The third kappa shape index (κ3) is 7.11. The molecule has 1 amide bonds. The molecule has 0 aromatic heterocycles. The predicted molar refractivity (Wildman–Crippen MR) is 91.9 cm³/mol. The molecule has 1 saturated heterocycles. The van der Waals surface area contributed by atoms with Crippen molar-refractivity contribution in [1.29, 1.82) is 0 Å². The van der Waals surface area contributed by atoms with Crippen molar-refractivity contribution in [2.75, 3.05) is 46.8 Å². The van der Waals surface area contributed by atoms with Gasteiger partial charge in [0.25, 0.3) is 0 Å². The molecular weight excluding hydrogens is 278 g/mol. The summed E-state index contributed by atoms with van der Waals surface area (Å²) in [6, 6.07) is 0. The second kappa shape index (κ2) is 10.4. The highest BCUT2D eigenvalue weighted by atomic mass is 16.1. The highest BCUT2D eigenvalue weighted by Gasteiger charge is 2.23. The molecule has 0 radical (unpaired) electrons. The molecule has 1 unspecified atom stereocenters. The van der Waals surface area contributed by atoms with Crippen molar-refractivity contribution >= 4 is 11.9 Å². The van der Waals surface area contributed by atoms with Crippen molar-refractivity contribution in [1.82, 2.24) is 15.1 Å². The van der Waals surface area contributed by atoms with E-state index < -0.39 is 0 Å². The quantitative estimate of drug-likeness (QED) is 0.515. The molecule has 1 rings (SSSR count). The first-order valence-electron chi connectivity index (χ1n) is 8.49. The normalized spacial score (nSPS) is 19.5. The fourth-order valence-corrected chi connectivity index (χ4v) is 2.94. The van der Waals surface area contributed by atoms with E-state index in [2.05, 4.69) is 34.1 Å². The van der Waals surface area contributed by atoms with E-state index in [9.17, 15) is 4.79 Å². The molecule has 3 N–H and O–H groups in total. The summed E-state index contributed by atoms with van der Waals surface area (Å²) in [5.41, 5.74) is 5.32. The smallest absolute Gasteiger partial charge is 0.217 e. The van der Waals surface area contributed by atoms with Crippen molar-refractivity contribution in [3.8, 4) is 0 Å². The van der Waals surface area contributed by atoms with Gasteiger partial charge >= 0.3 is 0 Å². The second-order valence-corrected chi connectivity index (χ2v) is 6.26. The number of rotatable bonds is 8. The monoisotopic (exact) mass is 311 g/mol. The zero-order valence-electron chi connectivity index (χ0n) is 14.5. The molecule has 0 aliphatic carbocycles. The molecule has 1 atom stereocenters. The maximum atomic E-state index is 11.1. The highest BCUT2D eigenvalue weighted by molar-refractivity contribution is 5.80. The third-order valence-corrected chi connectivity index (χ3v) is 4.19. The lowest BCUT2D eigenvalue weighted by molar-refractivity contribution is -0.119. The van der Waals surface area contributed by atoms with E-state index in [1.54, 1.807) is 0 Å². The Bertz CT molecular complexity index is 358. The minimum absolute atomic E-state index is 0.202. The van der Waals surface area contributed by atoms with Crippen LogP contribution in [0.4, 0.5) is 0 Å². The zero-order chi connectivity index (χ0) is 16.4. The molecule has 128 valence electrons. The lowest BCUT2D eigenvalue weighted by Gasteiger charge is -2.34. The minimum Gasteiger partial charge on any atom is -0.370 e. The number of nitrogens with one attached hydrogen (secondary N) is 1. The number of aliphatic imine (C=N–C) groups is 1. The topological polar surface area (TPSA) is 74.0 Å². The van der Waals surface area contributed by atoms with Crippen molar-refractivity contribution in [2.24, 2.45) is 16.6 Å². The molecule has 0 bridgehead atoms. The Balaban J connectivity index is 2.35. The fraction of sp³-hybridized carbons (Fsp3) is 0.875. The molecule has 0 aromatic rings. The summed E-state index contributed by atoms with van der Waals surface area (Å²) in [4.78, 5) is 20.1. The van der Waals surface area contributed by atoms with E-state index in [1.165, 1.54) is 12.8 Å². The maximum Gasteiger partial charge on any atom is 0.217 e. The van der Waals surface area contributed by atoms with E-state index in [0.29, 0.717) is 12.3 Å². The van der Waals surface area contributed by atoms with Gasteiger partial charge in [0.15, 0.2) is 5.96 Å². The Labute approximate surface area is 135 Å². The number of guanidine groups is 1. The SMILES string of the molecule is CCCCN(C)CCNC(=NC)N1CCCC(CC(N)=O)C1. The first kappa shape index (κ1) is 18.7. The molecule has 6 nitrogen and oxygen atoms in total. The van der Waals surface area contributed by atoms with Crippen LogP contribution in [-0.2, 0) is 4.79 Å². The standard InChI is InChI=1S/C16H33N5O/c1-4-5-9-20(3)11-8-19-16(18-2)21-10-6-7-14(13-21)12-15(17)22/h14H,4-13H2,1-3H3,(H2,17,22)(H,18,19). The Kier molecular flexibility index (Phi) is 8.89. The van der Waals surface area contributed by atoms with Gasteiger partial charge in [-0.25, -0.2) is 0 Å². The van der Waals surface area contributed by atoms with Crippen LogP contribution in [-0.4, -0.2) is 68.5 Å². The van der Waals surface area contributed by atoms with Crippen LogP contribution in [0.3, 0.4) is 0 Å². The average molecular weight is 311 g/mol. The molecule has 0 spiro atoms. The van der Waals surface area contributed by atoms with E-state index in [1.807, 2.05) is 7.05 Å². The van der Waals surface area contributed by atoms with Crippen LogP contribution in [0, 0.1) is 5.92 Å². The number of primary amides is 1. The van der Waals surface area contributed by atoms with Crippen LogP contribution >= 0.6 is 0 Å². The van der Waals surface area contributed by atoms with Gasteiger partial charge in [-0.05, 0) is 38.8 Å². The number of carbonyl (C=O) groups is 1. The number of carbonyl (C=O) groups excluding carboxylic acids is 1. The zero-order valence-corrected chi connectivity index (χ0v) is 14.5. The van der Waals surface area contributed by atoms with Crippen LogP contribution in [0.5, 0.6) is 0 Å². The summed E-state index contributed by atoms with van der Waals surface area (Å²) in [7, 11) is 3.98. The summed E-state index contributed by atoms with van der Waals surface area (Å²) in [5.74, 6) is 1.10. The van der Waals surface area contributed by atoms with Gasteiger partial charge in [0.2, 0.25) is 5.91 Å². The van der Waals surface area contributed by atoms with Crippen molar-refractivity contribution in [3.05, 3.63) is 0 Å². The van der Waals surface area contributed by atoms with Gasteiger partial charge in [0, 0.05) is 39.6 Å². The second-order valence-electron chi connectivity index (χ2n) is 6.26. The molecule has 1 fully saturated rings. The Morgan fingerprint density at radius 2 is 2.23 bits per heavy atom. The number of nitrogens with zero attached hydrogens (tertiary/aromatic N) is 3. The van der Waals surface area contributed by atoms with Crippen LogP contribution in [0.15, 0.2) is 4.99 Å².